The van der Waals surface area contributed by atoms with Gasteiger partial charge in [-0.05, 0) is 29.8 Å². The molecule has 0 aliphatic rings. The summed E-state index contributed by atoms with van der Waals surface area (Å²) >= 11 is 5.83. The Kier molecular flexibility index (Phi) is 2.76. The van der Waals surface area contributed by atoms with Crippen molar-refractivity contribution >= 4 is 22.5 Å². The predicted molar refractivity (Wildman–Crippen MR) is 76.7 cm³/mol. The summed E-state index contributed by atoms with van der Waals surface area (Å²) in [5.41, 5.74) is 1.19. The molecule has 3 nitrogen and oxygen atoms in total. The summed E-state index contributed by atoms with van der Waals surface area (Å²) in [6.07, 6.45) is 0. The Balaban J connectivity index is 2.35. The van der Waals surface area contributed by atoms with Gasteiger partial charge in [0.2, 0.25) is 0 Å². The number of pyridine rings is 1. The van der Waals surface area contributed by atoms with Crippen LogP contribution in [-0.4, -0.2) is 10.1 Å². The number of aromatic amines is 1. The normalized spacial score (nSPS) is 10.8. The van der Waals surface area contributed by atoms with E-state index in [9.17, 15) is 9.90 Å². The summed E-state index contributed by atoms with van der Waals surface area (Å²) < 4.78 is 0. The van der Waals surface area contributed by atoms with E-state index in [1.807, 2.05) is 6.07 Å². The van der Waals surface area contributed by atoms with Crippen molar-refractivity contribution in [3.63, 3.8) is 0 Å². The van der Waals surface area contributed by atoms with Gasteiger partial charge in [-0.2, -0.15) is 0 Å². The van der Waals surface area contributed by atoms with Crippen LogP contribution in [-0.2, 0) is 0 Å². The first-order chi connectivity index (χ1) is 9.16. The fraction of sp³-hybridized carbons (Fsp3) is 0. The molecule has 2 aromatic carbocycles. The molecule has 0 saturated heterocycles. The van der Waals surface area contributed by atoms with Gasteiger partial charge in [0.25, 0.3) is 5.56 Å². The van der Waals surface area contributed by atoms with Gasteiger partial charge in [-0.1, -0.05) is 35.9 Å². The monoisotopic (exact) mass is 271 g/mol. The zero-order valence-corrected chi connectivity index (χ0v) is 10.6. The minimum absolute atomic E-state index is 0.0123. The van der Waals surface area contributed by atoms with E-state index in [1.54, 1.807) is 42.5 Å². The topological polar surface area (TPSA) is 53.1 Å². The molecule has 0 aliphatic carbocycles. The average molecular weight is 272 g/mol. The minimum Gasteiger partial charge on any atom is -0.506 e. The highest BCUT2D eigenvalue weighted by atomic mass is 35.5. The lowest BCUT2D eigenvalue weighted by Crippen LogP contribution is -2.09. The van der Waals surface area contributed by atoms with Crippen LogP contribution in [0.1, 0.15) is 0 Å². The Morgan fingerprint density at radius 1 is 1.00 bits per heavy atom. The number of rotatable bonds is 1. The third-order valence-corrected chi connectivity index (χ3v) is 3.28. The third-order valence-electron chi connectivity index (χ3n) is 3.03. The van der Waals surface area contributed by atoms with E-state index in [0.29, 0.717) is 21.5 Å². The molecule has 0 aliphatic heterocycles. The number of benzene rings is 2. The molecule has 0 fully saturated rings. The number of aromatic nitrogens is 1. The van der Waals surface area contributed by atoms with Crippen molar-refractivity contribution in [2.45, 2.75) is 0 Å². The maximum Gasteiger partial charge on any atom is 0.260 e. The van der Waals surface area contributed by atoms with Crippen LogP contribution in [0.2, 0.25) is 5.02 Å². The van der Waals surface area contributed by atoms with Crippen molar-refractivity contribution in [2.24, 2.45) is 0 Å². The Bertz CT molecular complexity index is 806. The second-order valence-electron chi connectivity index (χ2n) is 4.23. The molecule has 0 saturated carbocycles. The lowest BCUT2D eigenvalue weighted by atomic mass is 10.0. The minimum atomic E-state index is -0.321. The molecule has 94 valence electrons. The second-order valence-corrected chi connectivity index (χ2v) is 4.67. The number of fused-ring (bicyclic) bond motifs is 1. The SMILES string of the molecule is O=c1[nH]c2ccccc2c(O)c1-c1ccc(Cl)cc1. The Morgan fingerprint density at radius 3 is 2.42 bits per heavy atom. The zero-order chi connectivity index (χ0) is 13.4. The van der Waals surface area contributed by atoms with E-state index in [0.717, 1.165) is 0 Å². The number of nitrogens with one attached hydrogen (secondary N) is 1. The predicted octanol–water partition coefficient (Wildman–Crippen LogP) is 3.55. The Hall–Kier alpha value is -2.26. The molecule has 3 rings (SSSR count). The zero-order valence-electron chi connectivity index (χ0n) is 9.85. The number of halogens is 1. The molecule has 4 heteroatoms. The van der Waals surface area contributed by atoms with Gasteiger partial charge in [-0.25, -0.2) is 0 Å². The molecule has 3 aromatic rings. The van der Waals surface area contributed by atoms with E-state index in [-0.39, 0.29) is 16.9 Å². The fourth-order valence-corrected chi connectivity index (χ4v) is 2.24. The van der Waals surface area contributed by atoms with E-state index >= 15 is 0 Å². The van der Waals surface area contributed by atoms with Gasteiger partial charge < -0.3 is 10.1 Å². The van der Waals surface area contributed by atoms with E-state index in [1.165, 1.54) is 0 Å². The summed E-state index contributed by atoms with van der Waals surface area (Å²) in [7, 11) is 0. The number of para-hydroxylation sites is 1. The molecule has 1 aromatic heterocycles. The van der Waals surface area contributed by atoms with Crippen LogP contribution in [0.4, 0.5) is 0 Å². The molecule has 0 bridgehead atoms. The van der Waals surface area contributed by atoms with Gasteiger partial charge in [0.1, 0.15) is 5.75 Å². The first-order valence-corrected chi connectivity index (χ1v) is 6.14. The van der Waals surface area contributed by atoms with Crippen LogP contribution in [0.3, 0.4) is 0 Å². The van der Waals surface area contributed by atoms with Crippen LogP contribution in [0.5, 0.6) is 5.75 Å². The first-order valence-electron chi connectivity index (χ1n) is 5.77. The van der Waals surface area contributed by atoms with Crippen molar-refractivity contribution < 1.29 is 5.11 Å². The molecule has 2 N–H and O–H groups in total. The van der Waals surface area contributed by atoms with E-state index in [4.69, 9.17) is 11.6 Å². The fourth-order valence-electron chi connectivity index (χ4n) is 2.11. The van der Waals surface area contributed by atoms with E-state index < -0.39 is 0 Å². The summed E-state index contributed by atoms with van der Waals surface area (Å²) in [4.78, 5) is 14.9. The van der Waals surface area contributed by atoms with Gasteiger partial charge in [0.15, 0.2) is 0 Å². The van der Waals surface area contributed by atoms with Gasteiger partial charge >= 0.3 is 0 Å². The molecule has 0 atom stereocenters. The Labute approximate surface area is 114 Å². The van der Waals surface area contributed by atoms with Crippen LogP contribution >= 0.6 is 11.6 Å². The molecule has 0 unspecified atom stereocenters. The smallest absolute Gasteiger partial charge is 0.260 e. The number of hydrogen-bond donors (Lipinski definition) is 2. The quantitative estimate of drug-likeness (QED) is 0.711. The second kappa shape index (κ2) is 4.44. The standard InChI is InChI=1S/C15H10ClNO2/c16-10-7-5-9(6-8-10)13-14(18)11-3-1-2-4-12(11)17-15(13)19/h1-8H,(H2,17,18,19). The van der Waals surface area contributed by atoms with Gasteiger partial charge in [-0.15, -0.1) is 0 Å². The van der Waals surface area contributed by atoms with Crippen molar-refractivity contribution in [3.05, 3.63) is 63.9 Å². The summed E-state index contributed by atoms with van der Waals surface area (Å²) in [5, 5.41) is 11.5. The molecular formula is C15H10ClNO2. The van der Waals surface area contributed by atoms with Crippen LogP contribution in [0, 0.1) is 0 Å². The highest BCUT2D eigenvalue weighted by Gasteiger charge is 2.13. The largest absolute Gasteiger partial charge is 0.506 e. The maximum atomic E-state index is 12.1. The van der Waals surface area contributed by atoms with Crippen molar-refractivity contribution in [2.75, 3.05) is 0 Å². The van der Waals surface area contributed by atoms with Gasteiger partial charge in [0, 0.05) is 10.4 Å². The number of aromatic hydroxyl groups is 1. The summed E-state index contributed by atoms with van der Waals surface area (Å²) in [6.45, 7) is 0. The van der Waals surface area contributed by atoms with Crippen LogP contribution in [0.15, 0.2) is 53.3 Å². The molecule has 19 heavy (non-hydrogen) atoms. The van der Waals surface area contributed by atoms with Crippen LogP contribution < -0.4 is 5.56 Å². The average Bonchev–Trinajstić information content (AvgIpc) is 2.41. The lowest BCUT2D eigenvalue weighted by Gasteiger charge is -2.07. The van der Waals surface area contributed by atoms with Gasteiger partial charge in [-0.3, -0.25) is 4.79 Å². The lowest BCUT2D eigenvalue weighted by molar-refractivity contribution is 0.482. The van der Waals surface area contributed by atoms with Crippen molar-refractivity contribution in [1.29, 1.82) is 0 Å². The third kappa shape index (κ3) is 1.98. The summed E-state index contributed by atoms with van der Waals surface area (Å²) in [5.74, 6) is -0.0123. The molecule has 1 heterocycles. The molecule has 0 spiro atoms. The summed E-state index contributed by atoms with van der Waals surface area (Å²) in [6, 6.07) is 13.9. The molecule has 0 radical (unpaired) electrons. The highest BCUT2D eigenvalue weighted by Crippen LogP contribution is 2.32. The van der Waals surface area contributed by atoms with Crippen molar-refractivity contribution in [3.8, 4) is 16.9 Å². The molecule has 0 amide bonds. The van der Waals surface area contributed by atoms with Crippen LogP contribution in [0.25, 0.3) is 22.0 Å². The molecular weight excluding hydrogens is 262 g/mol. The highest BCUT2D eigenvalue weighted by molar-refractivity contribution is 6.30. The Morgan fingerprint density at radius 2 is 1.68 bits per heavy atom. The maximum absolute atomic E-state index is 12.1. The van der Waals surface area contributed by atoms with Gasteiger partial charge in [0.05, 0.1) is 11.1 Å². The number of H-pyrrole nitrogens is 1. The first kappa shape index (κ1) is 11.8. The number of hydrogen-bond acceptors (Lipinski definition) is 2. The van der Waals surface area contributed by atoms with E-state index in [2.05, 4.69) is 4.98 Å². The van der Waals surface area contributed by atoms with Crippen molar-refractivity contribution in [1.82, 2.24) is 4.98 Å².